The van der Waals surface area contributed by atoms with Gasteiger partial charge in [0.1, 0.15) is 11.3 Å². The zero-order chi connectivity index (χ0) is 26.9. The number of benzene rings is 2. The lowest BCUT2D eigenvalue weighted by Crippen LogP contribution is -2.54. The maximum absolute atomic E-state index is 9.44. The Labute approximate surface area is 228 Å². The highest BCUT2D eigenvalue weighted by atomic mass is 15.3. The first-order valence-corrected chi connectivity index (χ1v) is 13.2. The molecule has 1 aliphatic heterocycles. The molecule has 0 aliphatic carbocycles. The van der Waals surface area contributed by atoms with E-state index < -0.39 is 0 Å². The summed E-state index contributed by atoms with van der Waals surface area (Å²) in [4.78, 5) is 18.6. The number of hydrogen-bond acceptors (Lipinski definition) is 7. The van der Waals surface area contributed by atoms with Gasteiger partial charge in [-0.05, 0) is 55.8 Å². The second-order valence-electron chi connectivity index (χ2n) is 10.2. The van der Waals surface area contributed by atoms with E-state index in [9.17, 15) is 5.26 Å². The molecule has 3 aromatic heterocycles. The van der Waals surface area contributed by atoms with Crippen LogP contribution in [0.15, 0.2) is 85.1 Å². The molecule has 2 atom stereocenters. The highest BCUT2D eigenvalue weighted by Crippen LogP contribution is 2.32. The maximum Gasteiger partial charge on any atom is 0.179 e. The van der Waals surface area contributed by atoms with Crippen LogP contribution >= 0.6 is 0 Å². The first-order valence-electron chi connectivity index (χ1n) is 13.2. The molecule has 1 fully saturated rings. The zero-order valence-electron chi connectivity index (χ0n) is 22.1. The Morgan fingerprint density at radius 1 is 0.897 bits per heavy atom. The van der Waals surface area contributed by atoms with Crippen molar-refractivity contribution in [3.63, 3.8) is 0 Å². The Hall–Kier alpha value is -4.74. The van der Waals surface area contributed by atoms with Gasteiger partial charge >= 0.3 is 0 Å². The molecule has 1 aliphatic rings. The van der Waals surface area contributed by atoms with E-state index in [1.165, 1.54) is 5.56 Å². The highest BCUT2D eigenvalue weighted by Gasteiger charge is 2.28. The third-order valence-corrected chi connectivity index (χ3v) is 7.36. The van der Waals surface area contributed by atoms with E-state index in [-0.39, 0.29) is 12.1 Å². The van der Waals surface area contributed by atoms with Crippen LogP contribution in [0.2, 0.25) is 0 Å². The number of pyridine rings is 2. The predicted octanol–water partition coefficient (Wildman–Crippen LogP) is 5.11. The maximum atomic E-state index is 9.44. The van der Waals surface area contributed by atoms with Gasteiger partial charge in [-0.3, -0.25) is 9.47 Å². The third kappa shape index (κ3) is 4.69. The second-order valence-corrected chi connectivity index (χ2v) is 10.2. The van der Waals surface area contributed by atoms with Crippen LogP contribution in [0.25, 0.3) is 39.5 Å². The van der Waals surface area contributed by atoms with Crippen molar-refractivity contribution in [2.75, 3.05) is 18.8 Å². The minimum Gasteiger partial charge on any atom is -0.383 e. The van der Waals surface area contributed by atoms with Crippen LogP contribution in [-0.4, -0.2) is 54.5 Å². The minimum absolute atomic E-state index is 0.202. The van der Waals surface area contributed by atoms with E-state index in [1.807, 2.05) is 47.4 Å². The van der Waals surface area contributed by atoms with Crippen molar-refractivity contribution < 1.29 is 0 Å². The Morgan fingerprint density at radius 3 is 2.33 bits per heavy atom. The summed E-state index contributed by atoms with van der Waals surface area (Å²) in [5.74, 6) is 1.13. The summed E-state index contributed by atoms with van der Waals surface area (Å²) in [5.41, 5.74) is 12.7. The monoisotopic (exact) mass is 514 g/mol. The number of fused-ring (bicyclic) bond motifs is 1. The Bertz CT molecular complexity index is 1640. The van der Waals surface area contributed by atoms with Gasteiger partial charge in [0.15, 0.2) is 17.7 Å². The minimum atomic E-state index is 0.202. The van der Waals surface area contributed by atoms with Crippen molar-refractivity contribution in [2.45, 2.75) is 32.5 Å². The van der Waals surface area contributed by atoms with Crippen LogP contribution in [-0.2, 0) is 6.54 Å². The standard InChI is InChI=1S/C31H30N8/c1-21-17-37(18-22(2)38(21)20-32)19-23-10-12-25(13-11-23)39-30(26-9-6-16-34-29(26)33)36-28-15-14-27(35-31(28)39)24-7-4-3-5-8-24/h3-16,21-22H,17-19H2,1-2H3,(H2,33,34)/t21-,22-/m0/s1. The van der Waals surface area contributed by atoms with Gasteiger partial charge in [0.2, 0.25) is 0 Å². The van der Waals surface area contributed by atoms with Crippen molar-refractivity contribution in [2.24, 2.45) is 0 Å². The summed E-state index contributed by atoms with van der Waals surface area (Å²) in [7, 11) is 0. The van der Waals surface area contributed by atoms with E-state index in [1.54, 1.807) is 6.20 Å². The molecule has 6 rings (SSSR count). The fraction of sp³-hybridized carbons (Fsp3) is 0.226. The van der Waals surface area contributed by atoms with Crippen molar-refractivity contribution >= 4 is 17.0 Å². The SMILES string of the molecule is C[C@H]1CN(Cc2ccc(-n3c(-c4cccnc4N)nc4ccc(-c5ccccc5)nc43)cc2)C[C@H](C)N1C#N. The van der Waals surface area contributed by atoms with Gasteiger partial charge in [-0.25, -0.2) is 15.0 Å². The first-order chi connectivity index (χ1) is 19.0. The normalized spacial score (nSPS) is 17.8. The molecule has 0 bridgehead atoms. The summed E-state index contributed by atoms with van der Waals surface area (Å²) < 4.78 is 2.06. The highest BCUT2D eigenvalue weighted by molar-refractivity contribution is 5.84. The topological polar surface area (TPSA) is 99.9 Å². The number of nitrogens with two attached hydrogens (primary N) is 1. The Morgan fingerprint density at radius 2 is 1.64 bits per heavy atom. The average molecular weight is 515 g/mol. The molecular formula is C31H30N8. The van der Waals surface area contributed by atoms with Crippen LogP contribution in [0, 0.1) is 11.5 Å². The quantitative estimate of drug-likeness (QED) is 0.326. The number of piperazine rings is 1. The van der Waals surface area contributed by atoms with E-state index in [0.29, 0.717) is 11.6 Å². The zero-order valence-corrected chi connectivity index (χ0v) is 22.1. The Kier molecular flexibility index (Phi) is 6.43. The average Bonchev–Trinajstić information content (AvgIpc) is 3.32. The van der Waals surface area contributed by atoms with Crippen molar-refractivity contribution in [3.8, 4) is 34.5 Å². The summed E-state index contributed by atoms with van der Waals surface area (Å²) in [5, 5.41) is 9.44. The van der Waals surface area contributed by atoms with E-state index >= 15 is 0 Å². The van der Waals surface area contributed by atoms with E-state index in [2.05, 4.69) is 70.9 Å². The number of rotatable bonds is 5. The van der Waals surface area contributed by atoms with E-state index in [4.69, 9.17) is 15.7 Å². The fourth-order valence-electron chi connectivity index (χ4n) is 5.53. The number of nitrogen functional groups attached to an aromatic ring is 1. The van der Waals surface area contributed by atoms with Gasteiger partial charge < -0.3 is 10.6 Å². The molecular weight excluding hydrogens is 484 g/mol. The summed E-state index contributed by atoms with van der Waals surface area (Å²) in [6, 6.07) is 26.9. The molecule has 8 nitrogen and oxygen atoms in total. The van der Waals surface area contributed by atoms with Crippen molar-refractivity contribution in [1.82, 2.24) is 29.3 Å². The van der Waals surface area contributed by atoms with Gasteiger partial charge in [0.05, 0.1) is 11.3 Å². The molecule has 8 heteroatoms. The van der Waals surface area contributed by atoms with Crippen LogP contribution in [0.5, 0.6) is 0 Å². The van der Waals surface area contributed by atoms with Crippen LogP contribution in [0.4, 0.5) is 5.82 Å². The molecule has 0 radical (unpaired) electrons. The molecule has 39 heavy (non-hydrogen) atoms. The van der Waals surface area contributed by atoms with Gasteiger partial charge in [-0.2, -0.15) is 5.26 Å². The lowest BCUT2D eigenvalue weighted by Gasteiger charge is -2.41. The van der Waals surface area contributed by atoms with Crippen LogP contribution < -0.4 is 5.73 Å². The molecule has 5 aromatic rings. The summed E-state index contributed by atoms with van der Waals surface area (Å²) in [6.45, 7) is 6.78. The van der Waals surface area contributed by atoms with Crippen molar-refractivity contribution in [1.29, 1.82) is 5.26 Å². The summed E-state index contributed by atoms with van der Waals surface area (Å²) in [6.07, 6.45) is 4.03. The molecule has 1 saturated heterocycles. The lowest BCUT2D eigenvalue weighted by atomic mass is 10.1. The summed E-state index contributed by atoms with van der Waals surface area (Å²) >= 11 is 0. The second kappa shape index (κ2) is 10.2. The van der Waals surface area contributed by atoms with Gasteiger partial charge in [-0.15, -0.1) is 0 Å². The van der Waals surface area contributed by atoms with Gasteiger partial charge in [-0.1, -0.05) is 42.5 Å². The molecule has 194 valence electrons. The largest absolute Gasteiger partial charge is 0.383 e. The molecule has 0 spiro atoms. The van der Waals surface area contributed by atoms with Gasteiger partial charge in [0, 0.05) is 49.2 Å². The van der Waals surface area contributed by atoms with Crippen molar-refractivity contribution in [3.05, 3.63) is 90.6 Å². The number of hydrogen-bond donors (Lipinski definition) is 1. The molecule has 4 heterocycles. The third-order valence-electron chi connectivity index (χ3n) is 7.36. The number of nitrogens with zero attached hydrogens (tertiary/aromatic N) is 7. The molecule has 2 aromatic carbocycles. The number of imidazole rings is 1. The smallest absolute Gasteiger partial charge is 0.179 e. The van der Waals surface area contributed by atoms with Crippen LogP contribution in [0.1, 0.15) is 19.4 Å². The molecule has 0 unspecified atom stereocenters. The number of aromatic nitrogens is 4. The molecule has 2 N–H and O–H groups in total. The van der Waals surface area contributed by atoms with Crippen LogP contribution in [0.3, 0.4) is 0 Å². The number of nitriles is 1. The van der Waals surface area contributed by atoms with E-state index in [0.717, 1.165) is 53.3 Å². The Balaban J connectivity index is 1.39. The fourth-order valence-corrected chi connectivity index (χ4v) is 5.53. The number of anilines is 1. The molecule has 0 saturated carbocycles. The lowest BCUT2D eigenvalue weighted by molar-refractivity contribution is 0.0777. The predicted molar refractivity (Wildman–Crippen MR) is 154 cm³/mol. The first kappa shape index (κ1) is 24.6. The van der Waals surface area contributed by atoms with Gasteiger partial charge in [0.25, 0.3) is 0 Å². The molecule has 0 amide bonds.